The van der Waals surface area contributed by atoms with Gasteiger partial charge in [0.05, 0.1) is 18.3 Å². The first-order chi connectivity index (χ1) is 16.6. The zero-order valence-corrected chi connectivity index (χ0v) is 21.5. The van der Waals surface area contributed by atoms with Gasteiger partial charge in [0.1, 0.15) is 5.82 Å². The first-order valence-corrected chi connectivity index (χ1v) is 12.5. The number of nitrogens with zero attached hydrogens (tertiary/aromatic N) is 2. The van der Waals surface area contributed by atoms with E-state index in [-0.39, 0.29) is 28.7 Å². The molecule has 0 saturated carbocycles. The molecule has 2 aliphatic rings. The van der Waals surface area contributed by atoms with Gasteiger partial charge in [0.15, 0.2) is 5.91 Å². The fourth-order valence-corrected chi connectivity index (χ4v) is 4.93. The van der Waals surface area contributed by atoms with Crippen LogP contribution in [-0.4, -0.2) is 35.2 Å². The van der Waals surface area contributed by atoms with Crippen molar-refractivity contribution in [1.82, 2.24) is 20.2 Å². The maximum atomic E-state index is 13.1. The Kier molecular flexibility index (Phi) is 8.31. The molecule has 35 heavy (non-hydrogen) atoms. The maximum absolute atomic E-state index is 13.1. The summed E-state index contributed by atoms with van der Waals surface area (Å²) < 4.78 is 8.19. The number of hydrogen-bond donors (Lipinski definition) is 2. The minimum atomic E-state index is -0.0852. The van der Waals surface area contributed by atoms with E-state index in [9.17, 15) is 4.79 Å². The number of nitrogens with one attached hydrogen (secondary N) is 2. The Balaban J connectivity index is 0.00000289. The Labute approximate surface area is 218 Å². The van der Waals surface area contributed by atoms with Crippen LogP contribution in [-0.2, 0) is 36.2 Å². The van der Waals surface area contributed by atoms with Crippen molar-refractivity contribution in [3.05, 3.63) is 70.7 Å². The molecule has 5 rings (SSSR count). The molecule has 2 heterocycles. The second kappa shape index (κ2) is 11.4. The van der Waals surface area contributed by atoms with Crippen LogP contribution in [0.2, 0.25) is 0 Å². The van der Waals surface area contributed by atoms with Crippen LogP contribution in [0.1, 0.15) is 65.1 Å². The molecule has 1 aromatic heterocycles. The van der Waals surface area contributed by atoms with Crippen molar-refractivity contribution in [2.75, 3.05) is 19.7 Å². The summed E-state index contributed by atoms with van der Waals surface area (Å²) in [4.78, 5) is 18.0. The Hall–Kier alpha value is -2.61. The van der Waals surface area contributed by atoms with Gasteiger partial charge in [0.25, 0.3) is 0 Å². The van der Waals surface area contributed by atoms with Gasteiger partial charge in [0.2, 0.25) is 0 Å². The van der Waals surface area contributed by atoms with Crippen LogP contribution in [0.15, 0.2) is 36.5 Å². The van der Waals surface area contributed by atoms with Gasteiger partial charge in [-0.05, 0) is 56.0 Å². The third kappa shape index (κ3) is 5.63. The molecule has 0 unspecified atom stereocenters. The molecule has 0 fully saturated rings. The molecule has 187 valence electrons. The molecule has 6 nitrogen and oxygen atoms in total. The van der Waals surface area contributed by atoms with Crippen LogP contribution < -0.4 is 15.4 Å². The van der Waals surface area contributed by atoms with Crippen molar-refractivity contribution < 1.29 is 26.3 Å². The number of carbonyl (C=O) groups is 1. The number of imidazole rings is 1. The molecule has 1 aliphatic carbocycles. The molecule has 0 bridgehead atoms. The Morgan fingerprint density at radius 3 is 3.00 bits per heavy atom. The number of ether oxygens (including phenoxy) is 1. The summed E-state index contributed by atoms with van der Waals surface area (Å²) >= 11 is 0. The first kappa shape index (κ1) is 25.5. The van der Waals surface area contributed by atoms with Gasteiger partial charge < -0.3 is 19.9 Å². The number of carbonyl (C=O) groups excluding carboxylic acids is 1. The molecule has 2 aromatic carbocycles. The average Bonchev–Trinajstić information content (AvgIpc) is 3.55. The van der Waals surface area contributed by atoms with Gasteiger partial charge in [-0.2, -0.15) is 12.1 Å². The SMILES string of the molecule is CCNCCCOc1cc(C(=O)N[C@@H]2CCc3ccc(-c4cn5c(n4)CCC5)cc32)c[c-]c1C.[Co]. The number of aromatic nitrogens is 2. The van der Waals surface area contributed by atoms with E-state index < -0.39 is 0 Å². The molecular formula is C28H33CoN4O2-. The van der Waals surface area contributed by atoms with Crippen molar-refractivity contribution in [2.24, 2.45) is 0 Å². The number of fused-ring (bicyclic) bond motifs is 2. The van der Waals surface area contributed by atoms with E-state index in [1.807, 2.05) is 13.0 Å². The largest absolute Gasteiger partial charge is 0.551 e. The number of hydrogen-bond acceptors (Lipinski definition) is 4. The van der Waals surface area contributed by atoms with E-state index in [1.54, 1.807) is 6.07 Å². The summed E-state index contributed by atoms with van der Waals surface area (Å²) in [6, 6.07) is 13.4. The van der Waals surface area contributed by atoms with Crippen LogP contribution in [0, 0.1) is 13.0 Å². The van der Waals surface area contributed by atoms with E-state index in [1.165, 1.54) is 23.4 Å². The van der Waals surface area contributed by atoms with E-state index in [0.717, 1.165) is 67.9 Å². The second-order valence-corrected chi connectivity index (χ2v) is 9.25. The van der Waals surface area contributed by atoms with Crippen molar-refractivity contribution in [3.8, 4) is 17.0 Å². The summed E-state index contributed by atoms with van der Waals surface area (Å²) in [7, 11) is 0. The van der Waals surface area contributed by atoms with Gasteiger partial charge in [0, 0.05) is 47.3 Å². The third-order valence-corrected chi connectivity index (χ3v) is 6.85. The van der Waals surface area contributed by atoms with Crippen LogP contribution in [0.4, 0.5) is 0 Å². The summed E-state index contributed by atoms with van der Waals surface area (Å²) in [5, 5.41) is 6.54. The van der Waals surface area contributed by atoms with Crippen molar-refractivity contribution >= 4 is 5.91 Å². The molecule has 0 spiro atoms. The Morgan fingerprint density at radius 1 is 1.29 bits per heavy atom. The zero-order valence-electron chi connectivity index (χ0n) is 20.4. The fourth-order valence-electron chi connectivity index (χ4n) is 4.93. The number of rotatable bonds is 9. The Morgan fingerprint density at radius 2 is 2.17 bits per heavy atom. The Bertz CT molecular complexity index is 1170. The fraction of sp³-hybridized carbons (Fsp3) is 0.429. The van der Waals surface area contributed by atoms with Crippen molar-refractivity contribution in [2.45, 2.75) is 58.5 Å². The monoisotopic (exact) mass is 516 g/mol. The quantitative estimate of drug-likeness (QED) is 0.327. The number of benzene rings is 2. The average molecular weight is 517 g/mol. The van der Waals surface area contributed by atoms with Gasteiger partial charge in [-0.15, -0.1) is 11.6 Å². The number of aryl methyl sites for hydroxylation is 4. The number of amides is 1. The van der Waals surface area contributed by atoms with E-state index in [4.69, 9.17) is 9.72 Å². The van der Waals surface area contributed by atoms with Crippen LogP contribution >= 0.6 is 0 Å². The molecule has 1 aliphatic heterocycles. The summed E-state index contributed by atoms with van der Waals surface area (Å²) in [6.07, 6.45) is 7.20. The summed E-state index contributed by atoms with van der Waals surface area (Å²) in [5.41, 5.74) is 6.17. The smallest absolute Gasteiger partial charge is 0.196 e. The molecular weight excluding hydrogens is 483 g/mol. The minimum absolute atomic E-state index is 0. The zero-order chi connectivity index (χ0) is 23.5. The van der Waals surface area contributed by atoms with Gasteiger partial charge in [-0.1, -0.05) is 31.5 Å². The molecule has 2 N–H and O–H groups in total. The minimum Gasteiger partial charge on any atom is -0.551 e. The van der Waals surface area contributed by atoms with Crippen LogP contribution in [0.5, 0.6) is 5.75 Å². The van der Waals surface area contributed by atoms with Gasteiger partial charge in [-0.25, -0.2) is 4.98 Å². The third-order valence-electron chi connectivity index (χ3n) is 6.85. The molecule has 1 amide bonds. The summed E-state index contributed by atoms with van der Waals surface area (Å²) in [5.74, 6) is 1.82. The standard InChI is InChI=1S/C28H33N4O2.Co/c1-3-29-13-5-15-34-26-17-22(8-7-19(26)2)28(33)31-24-12-11-20-9-10-21(16-23(20)24)25-18-32-14-4-6-27(32)30-25;/h8-10,16-18,24,29H,3-6,11-15H2,1-2H3,(H,31,33);/q-1;/t24-;/m1./s1. The topological polar surface area (TPSA) is 68.2 Å². The molecule has 7 heteroatoms. The predicted molar refractivity (Wildman–Crippen MR) is 133 cm³/mol. The maximum Gasteiger partial charge on any atom is 0.196 e. The summed E-state index contributed by atoms with van der Waals surface area (Å²) in [6.45, 7) is 7.60. The predicted octanol–water partition coefficient (Wildman–Crippen LogP) is 4.40. The second-order valence-electron chi connectivity index (χ2n) is 9.25. The van der Waals surface area contributed by atoms with Gasteiger partial charge >= 0.3 is 0 Å². The molecule has 0 saturated heterocycles. The molecule has 1 atom stereocenters. The molecule has 1 radical (unpaired) electrons. The van der Waals surface area contributed by atoms with Crippen LogP contribution in [0.25, 0.3) is 11.3 Å². The van der Waals surface area contributed by atoms with Crippen LogP contribution in [0.3, 0.4) is 0 Å². The van der Waals surface area contributed by atoms with E-state index in [2.05, 4.69) is 52.6 Å². The van der Waals surface area contributed by atoms with E-state index >= 15 is 0 Å². The van der Waals surface area contributed by atoms with Crippen molar-refractivity contribution in [3.63, 3.8) is 0 Å². The van der Waals surface area contributed by atoms with Crippen molar-refractivity contribution in [1.29, 1.82) is 0 Å². The van der Waals surface area contributed by atoms with Gasteiger partial charge in [-0.3, -0.25) is 4.79 Å². The molecule has 3 aromatic rings. The normalized spacial score (nSPS) is 15.9. The first-order valence-electron chi connectivity index (χ1n) is 12.5. The van der Waals surface area contributed by atoms with E-state index in [0.29, 0.717) is 12.2 Å².